The first-order valence-electron chi connectivity index (χ1n) is 4.63. The molecule has 0 aliphatic rings. The van der Waals surface area contributed by atoms with Crippen LogP contribution >= 0.6 is 11.5 Å². The first-order chi connectivity index (χ1) is 6.66. The second-order valence-electron chi connectivity index (χ2n) is 3.39. The summed E-state index contributed by atoms with van der Waals surface area (Å²) in [7, 11) is 0. The van der Waals surface area contributed by atoms with Crippen LogP contribution in [0.25, 0.3) is 0 Å². The van der Waals surface area contributed by atoms with Gasteiger partial charge in [-0.2, -0.15) is 0 Å². The van der Waals surface area contributed by atoms with Gasteiger partial charge in [-0.25, -0.2) is 0 Å². The highest BCUT2D eigenvalue weighted by Gasteiger charge is 2.17. The van der Waals surface area contributed by atoms with Gasteiger partial charge in [0.1, 0.15) is 4.88 Å². The predicted octanol–water partition coefficient (Wildman–Crippen LogP) is 2.81. The Balaban J connectivity index is 2.78. The molecule has 1 heterocycles. The van der Waals surface area contributed by atoms with E-state index in [0.29, 0.717) is 17.7 Å². The van der Waals surface area contributed by atoms with E-state index < -0.39 is 0 Å². The number of allylic oxidation sites excluding steroid dienone is 1. The summed E-state index contributed by atoms with van der Waals surface area (Å²) < 4.78 is 3.82. The number of nitrogens with zero attached hydrogens (tertiary/aromatic N) is 2. The van der Waals surface area contributed by atoms with Crippen molar-refractivity contribution >= 4 is 17.3 Å². The maximum absolute atomic E-state index is 11.7. The molecule has 0 radical (unpaired) electrons. The zero-order valence-corrected chi connectivity index (χ0v) is 9.30. The molecule has 0 saturated carbocycles. The molecule has 0 atom stereocenters. The lowest BCUT2D eigenvalue weighted by Gasteiger charge is -2.01. The van der Waals surface area contributed by atoms with Crippen LogP contribution in [-0.4, -0.2) is 15.4 Å². The summed E-state index contributed by atoms with van der Waals surface area (Å²) >= 11 is 1.19. The lowest BCUT2D eigenvalue weighted by atomic mass is 10.1. The van der Waals surface area contributed by atoms with E-state index in [-0.39, 0.29) is 11.7 Å². The molecule has 0 aromatic carbocycles. The Morgan fingerprint density at radius 1 is 1.64 bits per heavy atom. The van der Waals surface area contributed by atoms with Crippen LogP contribution in [0.3, 0.4) is 0 Å². The molecular weight excluding hydrogens is 196 g/mol. The zero-order valence-electron chi connectivity index (χ0n) is 8.49. The number of carbonyl (C=O) groups is 1. The zero-order chi connectivity index (χ0) is 10.6. The van der Waals surface area contributed by atoms with Gasteiger partial charge in [0, 0.05) is 6.42 Å². The van der Waals surface area contributed by atoms with E-state index in [1.54, 1.807) is 6.08 Å². The van der Waals surface area contributed by atoms with Crippen molar-refractivity contribution in [2.24, 2.45) is 0 Å². The van der Waals surface area contributed by atoms with Crippen LogP contribution in [0.1, 0.15) is 48.0 Å². The minimum absolute atomic E-state index is 0.128. The number of Topliss-reactive ketones (excluding diaryl/α,β-unsaturated/α-hetero) is 1. The van der Waals surface area contributed by atoms with E-state index >= 15 is 0 Å². The third-order valence-electron chi connectivity index (χ3n) is 1.89. The van der Waals surface area contributed by atoms with Crippen LogP contribution in [0, 0.1) is 0 Å². The number of hydrogen-bond donors (Lipinski definition) is 0. The normalized spacial score (nSPS) is 10.5. The Labute approximate surface area is 88.0 Å². The van der Waals surface area contributed by atoms with E-state index in [9.17, 15) is 4.79 Å². The summed E-state index contributed by atoms with van der Waals surface area (Å²) in [5.41, 5.74) is 0.823. The first-order valence-corrected chi connectivity index (χ1v) is 5.40. The molecule has 0 bridgehead atoms. The fourth-order valence-corrected chi connectivity index (χ4v) is 1.90. The third-order valence-corrected chi connectivity index (χ3v) is 2.67. The summed E-state index contributed by atoms with van der Waals surface area (Å²) in [4.78, 5) is 12.4. The van der Waals surface area contributed by atoms with Crippen LogP contribution in [-0.2, 0) is 0 Å². The summed E-state index contributed by atoms with van der Waals surface area (Å²) in [5, 5.41) is 3.97. The van der Waals surface area contributed by atoms with Gasteiger partial charge < -0.3 is 0 Å². The second kappa shape index (κ2) is 5.00. The molecule has 76 valence electrons. The Bertz CT molecular complexity index is 331. The van der Waals surface area contributed by atoms with Crippen LogP contribution in [0.15, 0.2) is 12.7 Å². The molecule has 1 aromatic heterocycles. The highest BCUT2D eigenvalue weighted by molar-refractivity contribution is 7.08. The van der Waals surface area contributed by atoms with Crippen molar-refractivity contribution in [3.05, 3.63) is 23.2 Å². The maximum Gasteiger partial charge on any atom is 0.176 e. The smallest absolute Gasteiger partial charge is 0.176 e. The molecule has 0 aliphatic carbocycles. The molecular formula is C10H14N2OS. The van der Waals surface area contributed by atoms with Gasteiger partial charge in [0.2, 0.25) is 0 Å². The van der Waals surface area contributed by atoms with Crippen LogP contribution in [0.2, 0.25) is 0 Å². The van der Waals surface area contributed by atoms with Gasteiger partial charge in [-0.3, -0.25) is 4.79 Å². The average Bonchev–Trinajstić information content (AvgIpc) is 2.62. The molecule has 0 saturated heterocycles. The monoisotopic (exact) mass is 210 g/mol. The Kier molecular flexibility index (Phi) is 3.95. The van der Waals surface area contributed by atoms with Gasteiger partial charge in [0.15, 0.2) is 5.78 Å². The molecule has 4 heteroatoms. The van der Waals surface area contributed by atoms with E-state index in [1.807, 2.05) is 13.8 Å². The second-order valence-corrected chi connectivity index (χ2v) is 4.15. The number of aromatic nitrogens is 2. The number of rotatable bonds is 5. The largest absolute Gasteiger partial charge is 0.293 e. The van der Waals surface area contributed by atoms with Gasteiger partial charge in [0.05, 0.1) is 5.69 Å². The molecule has 14 heavy (non-hydrogen) atoms. The summed E-state index contributed by atoms with van der Waals surface area (Å²) in [6, 6.07) is 0. The molecule has 0 amide bonds. The highest BCUT2D eigenvalue weighted by Crippen LogP contribution is 2.21. The lowest BCUT2D eigenvalue weighted by Crippen LogP contribution is -2.01. The SMILES string of the molecule is C=CCCC(=O)c1snnc1C(C)C. The average molecular weight is 210 g/mol. The Morgan fingerprint density at radius 3 is 2.93 bits per heavy atom. The molecule has 1 rings (SSSR count). The van der Waals surface area contributed by atoms with E-state index in [4.69, 9.17) is 0 Å². The summed E-state index contributed by atoms with van der Waals surface area (Å²) in [6.07, 6.45) is 2.97. The van der Waals surface area contributed by atoms with Crippen LogP contribution in [0.5, 0.6) is 0 Å². The van der Waals surface area contributed by atoms with Gasteiger partial charge >= 0.3 is 0 Å². The van der Waals surface area contributed by atoms with Crippen molar-refractivity contribution in [1.29, 1.82) is 0 Å². The summed E-state index contributed by atoms with van der Waals surface area (Å²) in [5.74, 6) is 0.389. The maximum atomic E-state index is 11.7. The Morgan fingerprint density at radius 2 is 2.36 bits per heavy atom. The van der Waals surface area contributed by atoms with E-state index in [2.05, 4.69) is 16.2 Å². The van der Waals surface area contributed by atoms with Gasteiger partial charge in [-0.15, -0.1) is 11.7 Å². The fraction of sp³-hybridized carbons (Fsp3) is 0.500. The fourth-order valence-electron chi connectivity index (χ4n) is 1.12. The molecule has 3 nitrogen and oxygen atoms in total. The highest BCUT2D eigenvalue weighted by atomic mass is 32.1. The van der Waals surface area contributed by atoms with Crippen molar-refractivity contribution in [2.75, 3.05) is 0 Å². The molecule has 0 N–H and O–H groups in total. The topological polar surface area (TPSA) is 42.9 Å². The van der Waals surface area contributed by atoms with Crippen molar-refractivity contribution in [2.45, 2.75) is 32.6 Å². The van der Waals surface area contributed by atoms with E-state index in [1.165, 1.54) is 11.5 Å². The minimum Gasteiger partial charge on any atom is -0.293 e. The number of hydrogen-bond acceptors (Lipinski definition) is 4. The van der Waals surface area contributed by atoms with Crippen LogP contribution < -0.4 is 0 Å². The van der Waals surface area contributed by atoms with Crippen molar-refractivity contribution in [3.63, 3.8) is 0 Å². The Hall–Kier alpha value is -1.03. The minimum atomic E-state index is 0.128. The molecule has 0 aliphatic heterocycles. The molecule has 0 fully saturated rings. The third kappa shape index (κ3) is 2.48. The number of ketones is 1. The van der Waals surface area contributed by atoms with Crippen molar-refractivity contribution < 1.29 is 4.79 Å². The van der Waals surface area contributed by atoms with Crippen molar-refractivity contribution in [1.82, 2.24) is 9.59 Å². The van der Waals surface area contributed by atoms with Gasteiger partial charge in [-0.1, -0.05) is 24.4 Å². The van der Waals surface area contributed by atoms with Crippen molar-refractivity contribution in [3.8, 4) is 0 Å². The molecule has 0 spiro atoms. The molecule has 0 unspecified atom stereocenters. The standard InChI is InChI=1S/C10H14N2OS/c1-4-5-6-8(13)10-9(7(2)3)11-12-14-10/h4,7H,1,5-6H2,2-3H3. The quantitative estimate of drug-likeness (QED) is 0.554. The first kappa shape index (κ1) is 11.0. The molecule has 1 aromatic rings. The number of carbonyl (C=O) groups excluding carboxylic acids is 1. The predicted molar refractivity (Wildman–Crippen MR) is 57.8 cm³/mol. The lowest BCUT2D eigenvalue weighted by molar-refractivity contribution is 0.0986. The summed E-state index contributed by atoms with van der Waals surface area (Å²) in [6.45, 7) is 7.62. The van der Waals surface area contributed by atoms with Crippen LogP contribution in [0.4, 0.5) is 0 Å². The van der Waals surface area contributed by atoms with E-state index in [0.717, 1.165) is 5.69 Å². The van der Waals surface area contributed by atoms with Gasteiger partial charge in [-0.05, 0) is 23.9 Å². The van der Waals surface area contributed by atoms with Gasteiger partial charge in [0.25, 0.3) is 0 Å².